The highest BCUT2D eigenvalue weighted by Crippen LogP contribution is 2.37. The maximum absolute atomic E-state index is 13.4. The van der Waals surface area contributed by atoms with Crippen molar-refractivity contribution >= 4 is 23.1 Å². The van der Waals surface area contributed by atoms with Crippen molar-refractivity contribution in [2.75, 3.05) is 16.8 Å². The number of carbonyl (C=O) groups excluding carboxylic acids is 1. The first kappa shape index (κ1) is 16.3. The molecule has 4 nitrogen and oxygen atoms in total. The number of rotatable bonds is 3. The normalized spacial score (nSPS) is 15.6. The molecule has 3 aromatic rings. The third-order valence-corrected chi connectivity index (χ3v) is 4.59. The van der Waals surface area contributed by atoms with E-state index in [-0.39, 0.29) is 17.6 Å². The number of nitrogens with one attached hydrogen (secondary N) is 1. The Balaban J connectivity index is 1.68. The van der Waals surface area contributed by atoms with Gasteiger partial charge in [-0.3, -0.25) is 4.79 Å². The van der Waals surface area contributed by atoms with Crippen molar-refractivity contribution < 1.29 is 9.18 Å². The Kier molecular flexibility index (Phi) is 4.13. The molecule has 1 atom stereocenters. The Hall–Kier alpha value is -3.21. The van der Waals surface area contributed by atoms with Crippen LogP contribution in [-0.4, -0.2) is 17.4 Å². The van der Waals surface area contributed by atoms with Gasteiger partial charge in [-0.15, -0.1) is 0 Å². The number of pyridine rings is 1. The standard InChI is InChI=1S/C21H18FN3O/c1-14-13-25(19-10-3-2-8-17(14)19)21(26)18-9-5-11-23-20(18)24-16-7-4-6-15(22)12-16/h2-12,14H,13H2,1H3,(H,23,24). The number of nitrogens with zero attached hydrogens (tertiary/aromatic N) is 2. The van der Waals surface area contributed by atoms with E-state index in [0.29, 0.717) is 23.6 Å². The van der Waals surface area contributed by atoms with Crippen LogP contribution < -0.4 is 10.2 Å². The molecule has 1 N–H and O–H groups in total. The second kappa shape index (κ2) is 6.59. The zero-order valence-electron chi connectivity index (χ0n) is 14.3. The van der Waals surface area contributed by atoms with E-state index in [1.54, 1.807) is 35.4 Å². The van der Waals surface area contributed by atoms with Crippen LogP contribution >= 0.6 is 0 Å². The summed E-state index contributed by atoms with van der Waals surface area (Å²) in [5, 5.41) is 3.05. The predicted octanol–water partition coefficient (Wildman–Crippen LogP) is 4.73. The predicted molar refractivity (Wildman–Crippen MR) is 100 cm³/mol. The van der Waals surface area contributed by atoms with Gasteiger partial charge >= 0.3 is 0 Å². The van der Waals surface area contributed by atoms with Gasteiger partial charge in [0.25, 0.3) is 5.91 Å². The molecule has 130 valence electrons. The van der Waals surface area contributed by atoms with E-state index in [4.69, 9.17) is 0 Å². The van der Waals surface area contributed by atoms with E-state index >= 15 is 0 Å². The summed E-state index contributed by atoms with van der Waals surface area (Å²) in [4.78, 5) is 19.3. The van der Waals surface area contributed by atoms with Crippen molar-refractivity contribution in [2.45, 2.75) is 12.8 Å². The molecular formula is C21H18FN3O. The van der Waals surface area contributed by atoms with Gasteiger partial charge in [0.15, 0.2) is 0 Å². The van der Waals surface area contributed by atoms with Gasteiger partial charge in [0.1, 0.15) is 11.6 Å². The molecule has 0 fully saturated rings. The SMILES string of the molecule is CC1CN(C(=O)c2cccnc2Nc2cccc(F)c2)c2ccccc21. The number of halogens is 1. The quantitative estimate of drug-likeness (QED) is 0.745. The van der Waals surface area contributed by atoms with Crippen LogP contribution in [-0.2, 0) is 0 Å². The van der Waals surface area contributed by atoms with Gasteiger partial charge in [0.05, 0.1) is 5.56 Å². The molecule has 2 heterocycles. The molecule has 4 rings (SSSR count). The van der Waals surface area contributed by atoms with Crippen LogP contribution in [0.2, 0.25) is 0 Å². The van der Waals surface area contributed by atoms with Crippen LogP contribution in [0.3, 0.4) is 0 Å². The largest absolute Gasteiger partial charge is 0.339 e. The molecule has 1 aromatic heterocycles. The van der Waals surface area contributed by atoms with Crippen molar-refractivity contribution in [3.05, 3.63) is 83.8 Å². The number of aromatic nitrogens is 1. The van der Waals surface area contributed by atoms with E-state index in [0.717, 1.165) is 5.69 Å². The maximum Gasteiger partial charge on any atom is 0.262 e. The van der Waals surface area contributed by atoms with Crippen LogP contribution in [0.4, 0.5) is 21.6 Å². The molecule has 1 aliphatic rings. The summed E-state index contributed by atoms with van der Waals surface area (Å²) in [5.74, 6) is 0.237. The first-order chi connectivity index (χ1) is 12.6. The van der Waals surface area contributed by atoms with Crippen LogP contribution in [0.5, 0.6) is 0 Å². The van der Waals surface area contributed by atoms with Crippen molar-refractivity contribution in [1.29, 1.82) is 0 Å². The molecule has 0 spiro atoms. The van der Waals surface area contributed by atoms with E-state index in [9.17, 15) is 9.18 Å². The molecule has 26 heavy (non-hydrogen) atoms. The summed E-state index contributed by atoms with van der Waals surface area (Å²) in [7, 11) is 0. The average Bonchev–Trinajstić information content (AvgIpc) is 2.99. The maximum atomic E-state index is 13.4. The lowest BCUT2D eigenvalue weighted by Crippen LogP contribution is -2.30. The summed E-state index contributed by atoms with van der Waals surface area (Å²) in [5.41, 5.74) is 3.11. The van der Waals surface area contributed by atoms with Crippen LogP contribution in [0.25, 0.3) is 0 Å². The van der Waals surface area contributed by atoms with Crippen LogP contribution in [0.15, 0.2) is 66.9 Å². The zero-order chi connectivity index (χ0) is 18.1. The summed E-state index contributed by atoms with van der Waals surface area (Å²) in [6.07, 6.45) is 1.61. The minimum atomic E-state index is -0.346. The highest BCUT2D eigenvalue weighted by Gasteiger charge is 2.31. The lowest BCUT2D eigenvalue weighted by Gasteiger charge is -2.19. The van der Waals surface area contributed by atoms with Gasteiger partial charge in [-0.2, -0.15) is 0 Å². The van der Waals surface area contributed by atoms with Gasteiger partial charge in [0, 0.05) is 30.0 Å². The fourth-order valence-corrected chi connectivity index (χ4v) is 3.34. The third kappa shape index (κ3) is 2.92. The van der Waals surface area contributed by atoms with Crippen molar-refractivity contribution in [1.82, 2.24) is 4.98 Å². The van der Waals surface area contributed by atoms with Gasteiger partial charge in [0.2, 0.25) is 0 Å². The Morgan fingerprint density at radius 2 is 2.00 bits per heavy atom. The van der Waals surface area contributed by atoms with Gasteiger partial charge in [-0.25, -0.2) is 9.37 Å². The van der Waals surface area contributed by atoms with E-state index in [2.05, 4.69) is 23.3 Å². The second-order valence-electron chi connectivity index (χ2n) is 6.41. The topological polar surface area (TPSA) is 45.2 Å². The Morgan fingerprint density at radius 1 is 1.15 bits per heavy atom. The lowest BCUT2D eigenvalue weighted by atomic mass is 10.0. The molecule has 1 aliphatic heterocycles. The molecule has 5 heteroatoms. The number of para-hydroxylation sites is 1. The lowest BCUT2D eigenvalue weighted by molar-refractivity contribution is 0.0989. The third-order valence-electron chi connectivity index (χ3n) is 4.59. The minimum absolute atomic E-state index is 0.117. The van der Waals surface area contributed by atoms with E-state index in [1.165, 1.54) is 17.7 Å². The number of amides is 1. The number of hydrogen-bond donors (Lipinski definition) is 1. The van der Waals surface area contributed by atoms with Crippen LogP contribution in [0.1, 0.15) is 28.8 Å². The minimum Gasteiger partial charge on any atom is -0.339 e. The number of benzene rings is 2. The van der Waals surface area contributed by atoms with Crippen LogP contribution in [0, 0.1) is 5.82 Å². The highest BCUT2D eigenvalue weighted by atomic mass is 19.1. The van der Waals surface area contributed by atoms with Crippen molar-refractivity contribution in [3.8, 4) is 0 Å². The first-order valence-corrected chi connectivity index (χ1v) is 8.52. The monoisotopic (exact) mass is 347 g/mol. The fourth-order valence-electron chi connectivity index (χ4n) is 3.34. The number of fused-ring (bicyclic) bond motifs is 1. The number of hydrogen-bond acceptors (Lipinski definition) is 3. The molecule has 2 aromatic carbocycles. The molecule has 0 radical (unpaired) electrons. The zero-order valence-corrected chi connectivity index (χ0v) is 14.3. The van der Waals surface area contributed by atoms with Gasteiger partial charge in [-0.05, 0) is 42.0 Å². The molecule has 0 saturated carbocycles. The smallest absolute Gasteiger partial charge is 0.262 e. The van der Waals surface area contributed by atoms with E-state index in [1.807, 2.05) is 18.2 Å². The molecule has 0 aliphatic carbocycles. The molecule has 1 amide bonds. The average molecular weight is 347 g/mol. The summed E-state index contributed by atoms with van der Waals surface area (Å²) < 4.78 is 13.4. The van der Waals surface area contributed by atoms with Crippen molar-refractivity contribution in [3.63, 3.8) is 0 Å². The van der Waals surface area contributed by atoms with Crippen molar-refractivity contribution in [2.24, 2.45) is 0 Å². The highest BCUT2D eigenvalue weighted by molar-refractivity contribution is 6.10. The summed E-state index contributed by atoms with van der Waals surface area (Å²) in [6, 6.07) is 17.5. The molecular weight excluding hydrogens is 329 g/mol. The number of carbonyl (C=O) groups is 1. The Labute approximate surface area is 151 Å². The molecule has 1 unspecified atom stereocenters. The second-order valence-corrected chi connectivity index (χ2v) is 6.41. The summed E-state index contributed by atoms with van der Waals surface area (Å²) in [6.45, 7) is 2.74. The number of anilines is 3. The van der Waals surface area contributed by atoms with Gasteiger partial charge < -0.3 is 10.2 Å². The first-order valence-electron chi connectivity index (χ1n) is 8.52. The summed E-state index contributed by atoms with van der Waals surface area (Å²) >= 11 is 0. The molecule has 0 bridgehead atoms. The van der Waals surface area contributed by atoms with E-state index < -0.39 is 0 Å². The molecule has 0 saturated heterocycles. The Morgan fingerprint density at radius 3 is 2.85 bits per heavy atom. The fraction of sp³-hybridized carbons (Fsp3) is 0.143. The Bertz CT molecular complexity index is 973. The van der Waals surface area contributed by atoms with Gasteiger partial charge in [-0.1, -0.05) is 31.2 Å².